The van der Waals surface area contributed by atoms with Gasteiger partial charge in [-0.2, -0.15) is 0 Å². The van der Waals surface area contributed by atoms with Crippen LogP contribution < -0.4 is 0 Å². The average molecular weight is 1320 g/mol. The molecular weight excluding hydrogens is 1260 g/mol. The van der Waals surface area contributed by atoms with Gasteiger partial charge in [0.25, 0.3) is 0 Å². The van der Waals surface area contributed by atoms with E-state index in [1.54, 1.807) is 0 Å². The maximum absolute atomic E-state index is 4.79. The van der Waals surface area contributed by atoms with E-state index in [1.807, 2.05) is 29.8 Å². The van der Waals surface area contributed by atoms with Gasteiger partial charge in [-0.05, 0) is 182 Å². The Morgan fingerprint density at radius 3 is 1.43 bits per heavy atom. The van der Waals surface area contributed by atoms with E-state index in [1.165, 1.54) is 157 Å². The summed E-state index contributed by atoms with van der Waals surface area (Å²) in [7, 11) is 0. The Balaban J connectivity index is 0.000000138. The molecule has 0 fully saturated rings. The summed E-state index contributed by atoms with van der Waals surface area (Å²) >= 11 is 1.87. The molecule has 6 heterocycles. The molecule has 0 atom stereocenters. The number of benzene rings is 15. The third kappa shape index (κ3) is 9.90. The first kappa shape index (κ1) is 58.9. The zero-order valence-corrected chi connectivity index (χ0v) is 56.2. The highest BCUT2D eigenvalue weighted by atomic mass is 32.1. The van der Waals surface area contributed by atoms with Gasteiger partial charge in [-0.25, -0.2) is 0 Å². The minimum atomic E-state index is 1.01. The number of aromatic nitrogens is 5. The molecule has 0 aliphatic carbocycles. The normalized spacial score (nSPS) is 11.7. The minimum absolute atomic E-state index is 1.01. The van der Waals surface area contributed by atoms with Crippen LogP contribution in [0.15, 0.2) is 370 Å². The largest absolute Gasteiger partial charge is 0.309 e. The Kier molecular flexibility index (Phi) is 14.0. The molecule has 0 bridgehead atoms. The van der Waals surface area contributed by atoms with Crippen molar-refractivity contribution in [3.63, 3.8) is 0 Å². The van der Waals surface area contributed by atoms with Crippen LogP contribution in [0.5, 0.6) is 0 Å². The summed E-state index contributed by atoms with van der Waals surface area (Å²) in [6.45, 7) is 0. The molecule has 0 aliphatic rings. The fourth-order valence-electron chi connectivity index (χ4n) is 15.9. The number of pyridine rings is 2. The van der Waals surface area contributed by atoms with Crippen LogP contribution in [-0.2, 0) is 0 Å². The monoisotopic (exact) mass is 1320 g/mol. The summed E-state index contributed by atoms with van der Waals surface area (Å²) in [4.78, 5) is 9.35. The topological polar surface area (TPSA) is 40.6 Å². The fraction of sp³-hybridized carbons (Fsp3) is 0. The van der Waals surface area contributed by atoms with E-state index in [-0.39, 0.29) is 0 Å². The summed E-state index contributed by atoms with van der Waals surface area (Å²) in [5.74, 6) is 0. The van der Waals surface area contributed by atoms with Crippen LogP contribution in [0.4, 0.5) is 0 Å². The number of thiophene rings is 1. The van der Waals surface area contributed by atoms with Crippen molar-refractivity contribution in [2.45, 2.75) is 0 Å². The van der Waals surface area contributed by atoms with Crippen molar-refractivity contribution in [2.24, 2.45) is 0 Å². The van der Waals surface area contributed by atoms with Crippen LogP contribution in [0.1, 0.15) is 0 Å². The molecule has 0 amide bonds. The van der Waals surface area contributed by atoms with Crippen molar-refractivity contribution in [1.29, 1.82) is 0 Å². The summed E-state index contributed by atoms with van der Waals surface area (Å²) in [6.07, 6.45) is 3.80. The molecule has 102 heavy (non-hydrogen) atoms. The first-order chi connectivity index (χ1) is 50.6. The summed E-state index contributed by atoms with van der Waals surface area (Å²) in [5.41, 5.74) is 25.8. The first-order valence-electron chi connectivity index (χ1n) is 34.7. The Morgan fingerprint density at radius 2 is 0.686 bits per heavy atom. The molecule has 15 aromatic carbocycles. The van der Waals surface area contributed by atoms with Crippen LogP contribution in [0.25, 0.3) is 191 Å². The summed E-state index contributed by atoms with van der Waals surface area (Å²) < 4.78 is 9.87. The molecule has 6 heteroatoms. The van der Waals surface area contributed by atoms with E-state index in [0.717, 1.165) is 33.8 Å². The molecule has 5 nitrogen and oxygen atoms in total. The molecular formula is C96H61N5S. The predicted octanol–water partition coefficient (Wildman–Crippen LogP) is 26.1. The van der Waals surface area contributed by atoms with E-state index >= 15 is 0 Å². The second-order valence-corrected chi connectivity index (χ2v) is 27.5. The van der Waals surface area contributed by atoms with E-state index in [9.17, 15) is 0 Å². The van der Waals surface area contributed by atoms with E-state index in [4.69, 9.17) is 4.98 Å². The third-order valence-electron chi connectivity index (χ3n) is 20.6. The molecule has 0 aliphatic heterocycles. The lowest BCUT2D eigenvalue weighted by Gasteiger charge is -2.12. The van der Waals surface area contributed by atoms with Gasteiger partial charge >= 0.3 is 0 Å². The van der Waals surface area contributed by atoms with Crippen LogP contribution >= 0.6 is 11.3 Å². The SMILES string of the molecule is c1cc(-c2ccc3c(c2)c2ccccc2n3-c2cccc(-c3ccc4c(c3)sc3ccccc34)c2)cc(-c2nccc3ccccc23)c1.c1ccc(-n2c3ccccc3c3c(-c4cccc(-n5c6ccccc6c6cc(-c7ccc(-c8ccnc9ccccc89)cc7)ccc65)c4)cccc32)cc1. The fourth-order valence-corrected chi connectivity index (χ4v) is 17.0. The Morgan fingerprint density at radius 1 is 0.216 bits per heavy atom. The standard InChI is InChI=1S/C51H33N3.C45H28N2S/c1-2-13-38(14-3-1)53-48-22-9-6-18-44(48)51-41(19-11-23-50(51)53)37-12-10-15-39(32-37)54-47-21-8-5-17-43(47)45-33-36(28-29-49(45)54)34-24-26-35(27-25-34)40-30-31-52-46-20-7-4-16-42(40)46;1-2-14-36-29(9-1)23-24-46-45(36)34-12-7-10-30(25-34)32-20-22-42-40(27-32)37-15-3-5-17-41(37)47(42)35-13-8-11-31(26-35)33-19-21-39-38-16-4-6-18-43(38)48-44(39)28-33/h1-33H;1-28H. The second-order valence-electron chi connectivity index (χ2n) is 26.4. The molecule has 0 saturated carbocycles. The van der Waals surface area contributed by atoms with Crippen molar-refractivity contribution in [2.75, 3.05) is 0 Å². The van der Waals surface area contributed by atoms with Crippen LogP contribution in [0, 0.1) is 0 Å². The summed E-state index contributed by atoms with van der Waals surface area (Å²) in [6, 6.07) is 130. The number of hydrogen-bond acceptors (Lipinski definition) is 3. The Labute approximate surface area is 592 Å². The number of nitrogens with zero attached hydrogens (tertiary/aromatic N) is 5. The maximum atomic E-state index is 4.79. The zero-order valence-electron chi connectivity index (χ0n) is 55.4. The van der Waals surface area contributed by atoms with Gasteiger partial charge < -0.3 is 13.7 Å². The van der Waals surface area contributed by atoms with Crippen molar-refractivity contribution in [3.05, 3.63) is 370 Å². The van der Waals surface area contributed by atoms with Crippen LogP contribution in [0.3, 0.4) is 0 Å². The number of fused-ring (bicyclic) bond motifs is 14. The van der Waals surface area contributed by atoms with Crippen LogP contribution in [-0.4, -0.2) is 23.7 Å². The highest BCUT2D eigenvalue weighted by molar-refractivity contribution is 7.25. The summed E-state index contributed by atoms with van der Waals surface area (Å²) in [5, 5.41) is 13.7. The quantitative estimate of drug-likeness (QED) is 0.144. The number of para-hydroxylation sites is 5. The molecule has 0 saturated heterocycles. The second kappa shape index (κ2) is 24.3. The van der Waals surface area contributed by atoms with Gasteiger partial charge in [-0.1, -0.05) is 237 Å². The highest BCUT2D eigenvalue weighted by Gasteiger charge is 2.21. The lowest BCUT2D eigenvalue weighted by atomic mass is 9.97. The van der Waals surface area contributed by atoms with Crippen LogP contribution in [0.2, 0.25) is 0 Å². The smallest absolute Gasteiger partial charge is 0.0780 e. The van der Waals surface area contributed by atoms with Gasteiger partial charge in [0, 0.05) is 98.3 Å². The number of rotatable bonds is 9. The van der Waals surface area contributed by atoms with E-state index < -0.39 is 0 Å². The Hall–Kier alpha value is -13.3. The van der Waals surface area contributed by atoms with Crippen molar-refractivity contribution in [3.8, 4) is 84.0 Å². The molecule has 0 N–H and O–H groups in total. The lowest BCUT2D eigenvalue weighted by molar-refractivity contribution is 1.18. The molecule has 0 radical (unpaired) electrons. The van der Waals surface area contributed by atoms with Gasteiger partial charge in [0.05, 0.1) is 44.3 Å². The maximum Gasteiger partial charge on any atom is 0.0780 e. The zero-order chi connectivity index (χ0) is 67.2. The lowest BCUT2D eigenvalue weighted by Crippen LogP contribution is -1.95. The van der Waals surface area contributed by atoms with Gasteiger partial charge in [-0.15, -0.1) is 11.3 Å². The van der Waals surface area contributed by atoms with Crippen molar-refractivity contribution < 1.29 is 0 Å². The first-order valence-corrected chi connectivity index (χ1v) is 35.6. The Bertz CT molecular complexity index is 6880. The van der Waals surface area contributed by atoms with Gasteiger partial charge in [0.2, 0.25) is 0 Å². The van der Waals surface area contributed by atoms with Crippen molar-refractivity contribution >= 4 is 119 Å². The van der Waals surface area contributed by atoms with E-state index in [2.05, 4.69) is 371 Å². The molecule has 21 rings (SSSR count). The molecule has 476 valence electrons. The van der Waals surface area contributed by atoms with Gasteiger partial charge in [-0.3, -0.25) is 9.97 Å². The van der Waals surface area contributed by atoms with Gasteiger partial charge in [0.1, 0.15) is 0 Å². The van der Waals surface area contributed by atoms with Gasteiger partial charge in [0.15, 0.2) is 0 Å². The van der Waals surface area contributed by atoms with E-state index in [0.29, 0.717) is 0 Å². The molecule has 21 aromatic rings. The van der Waals surface area contributed by atoms with Crippen molar-refractivity contribution in [1.82, 2.24) is 23.7 Å². The highest BCUT2D eigenvalue weighted by Crippen LogP contribution is 2.44. The molecule has 0 unspecified atom stereocenters. The molecule has 0 spiro atoms. The number of hydrogen-bond donors (Lipinski definition) is 0. The average Bonchev–Trinajstić information content (AvgIpc) is 1.61. The third-order valence-corrected chi connectivity index (χ3v) is 21.7. The molecule has 6 aromatic heterocycles. The minimum Gasteiger partial charge on any atom is -0.309 e. The predicted molar refractivity (Wildman–Crippen MR) is 432 cm³/mol.